The molecule has 0 radical (unpaired) electrons. The molecule has 0 saturated heterocycles. The summed E-state index contributed by atoms with van der Waals surface area (Å²) in [6.07, 6.45) is 2.79. The third-order valence-corrected chi connectivity index (χ3v) is 2.88. The van der Waals surface area contributed by atoms with Gasteiger partial charge in [-0.15, -0.1) is 0 Å². The van der Waals surface area contributed by atoms with Crippen molar-refractivity contribution >= 4 is 23.5 Å². The molecule has 0 spiro atoms. The summed E-state index contributed by atoms with van der Waals surface area (Å²) in [4.78, 5) is 35.0. The van der Waals surface area contributed by atoms with Crippen LogP contribution in [0.3, 0.4) is 0 Å². The first-order valence-corrected chi connectivity index (χ1v) is 5.94. The average molecular weight is 282 g/mol. The maximum Gasteiger partial charge on any atom is 0.331 e. The highest BCUT2D eigenvalue weighted by Gasteiger charge is 2.30. The monoisotopic (exact) mass is 282 g/mol. The zero-order chi connectivity index (χ0) is 15.5. The van der Waals surface area contributed by atoms with Gasteiger partial charge in [-0.2, -0.15) is 5.10 Å². The minimum Gasteiger partial charge on any atom is -0.479 e. The Morgan fingerprint density at radius 3 is 2.55 bits per heavy atom. The zero-order valence-electron chi connectivity index (χ0n) is 11.9. The van der Waals surface area contributed by atoms with E-state index in [-0.39, 0.29) is 18.4 Å². The van der Waals surface area contributed by atoms with Crippen molar-refractivity contribution in [1.29, 1.82) is 0 Å². The maximum absolute atomic E-state index is 11.7. The quantitative estimate of drug-likeness (QED) is 0.798. The lowest BCUT2D eigenvalue weighted by molar-refractivity contribution is -0.146. The number of aliphatic carboxylic acids is 1. The van der Waals surface area contributed by atoms with Crippen LogP contribution in [-0.2, 0) is 19.9 Å². The average Bonchev–Trinajstić information content (AvgIpc) is 2.77. The molecule has 2 N–H and O–H groups in total. The van der Waals surface area contributed by atoms with E-state index in [0.29, 0.717) is 5.69 Å². The number of carboxylic acids is 1. The van der Waals surface area contributed by atoms with Crippen LogP contribution in [0.15, 0.2) is 12.4 Å². The van der Waals surface area contributed by atoms with Gasteiger partial charge in [0.25, 0.3) is 0 Å². The summed E-state index contributed by atoms with van der Waals surface area (Å²) in [5, 5.41) is 15.5. The molecule has 0 aromatic carbocycles. The van der Waals surface area contributed by atoms with E-state index in [1.54, 1.807) is 0 Å². The number of nitrogens with zero attached hydrogens (tertiary/aromatic N) is 3. The van der Waals surface area contributed by atoms with Crippen molar-refractivity contribution < 1.29 is 19.5 Å². The Kier molecular flexibility index (Phi) is 4.49. The molecule has 1 aromatic heterocycles. The summed E-state index contributed by atoms with van der Waals surface area (Å²) in [6.45, 7) is 4.28. The third-order valence-electron chi connectivity index (χ3n) is 2.88. The molecular weight excluding hydrogens is 264 g/mol. The van der Waals surface area contributed by atoms with E-state index >= 15 is 0 Å². The molecule has 0 aliphatic rings. The van der Waals surface area contributed by atoms with Crippen LogP contribution in [0.25, 0.3) is 0 Å². The van der Waals surface area contributed by atoms with Gasteiger partial charge in [-0.3, -0.25) is 14.3 Å². The van der Waals surface area contributed by atoms with Gasteiger partial charge < -0.3 is 15.3 Å². The minimum absolute atomic E-state index is 0.0805. The van der Waals surface area contributed by atoms with Crippen molar-refractivity contribution in [2.75, 3.05) is 18.9 Å². The lowest BCUT2D eigenvalue weighted by Gasteiger charge is -2.19. The van der Waals surface area contributed by atoms with E-state index < -0.39 is 11.5 Å². The molecule has 1 aromatic rings. The van der Waals surface area contributed by atoms with Crippen LogP contribution in [0, 0.1) is 0 Å². The largest absolute Gasteiger partial charge is 0.479 e. The molecule has 1 heterocycles. The van der Waals surface area contributed by atoms with Crippen molar-refractivity contribution in [1.82, 2.24) is 14.7 Å². The van der Waals surface area contributed by atoms with Gasteiger partial charge in [0.1, 0.15) is 0 Å². The Morgan fingerprint density at radius 1 is 1.45 bits per heavy atom. The normalized spacial score (nSPS) is 11.0. The summed E-state index contributed by atoms with van der Waals surface area (Å²) in [6, 6.07) is 0. The van der Waals surface area contributed by atoms with Gasteiger partial charge in [-0.25, -0.2) is 4.79 Å². The molecule has 110 valence electrons. The van der Waals surface area contributed by atoms with Crippen LogP contribution in [0.1, 0.15) is 20.8 Å². The van der Waals surface area contributed by atoms with Crippen molar-refractivity contribution in [2.24, 2.45) is 0 Å². The molecule has 0 atom stereocenters. The summed E-state index contributed by atoms with van der Waals surface area (Å²) in [5.41, 5.74) is -0.833. The molecule has 0 saturated carbocycles. The van der Waals surface area contributed by atoms with Crippen LogP contribution in [-0.4, -0.2) is 51.2 Å². The van der Waals surface area contributed by atoms with Crippen LogP contribution in [0.5, 0.6) is 0 Å². The van der Waals surface area contributed by atoms with Crippen LogP contribution in [0.2, 0.25) is 0 Å². The van der Waals surface area contributed by atoms with Gasteiger partial charge in [0.2, 0.25) is 11.8 Å². The Hall–Kier alpha value is -2.38. The van der Waals surface area contributed by atoms with E-state index in [4.69, 9.17) is 5.11 Å². The number of hydrogen-bond acceptors (Lipinski definition) is 4. The standard InChI is InChI=1S/C12H18N4O4/c1-8(17)15(4)7-10(18)14-9-5-13-16(6-9)12(2,3)11(19)20/h5-6H,7H2,1-4H3,(H,14,18)(H,19,20). The van der Waals surface area contributed by atoms with Gasteiger partial charge in [0.05, 0.1) is 18.4 Å². The third kappa shape index (κ3) is 3.56. The molecule has 8 nitrogen and oxygen atoms in total. The molecule has 0 fully saturated rings. The van der Waals surface area contributed by atoms with E-state index in [1.165, 1.54) is 49.8 Å². The van der Waals surface area contributed by atoms with Gasteiger partial charge in [0, 0.05) is 20.2 Å². The number of carboxylic acid groups (broad SMARTS) is 1. The summed E-state index contributed by atoms with van der Waals surface area (Å²) in [7, 11) is 1.51. The second kappa shape index (κ2) is 5.72. The number of anilines is 1. The van der Waals surface area contributed by atoms with Gasteiger partial charge in [-0.05, 0) is 13.8 Å². The second-order valence-corrected chi connectivity index (χ2v) is 4.96. The number of likely N-dealkylation sites (N-methyl/N-ethyl adjacent to an activating group) is 1. The van der Waals surface area contributed by atoms with E-state index in [2.05, 4.69) is 10.4 Å². The van der Waals surface area contributed by atoms with E-state index in [1.807, 2.05) is 0 Å². The Bertz CT molecular complexity index is 535. The molecule has 2 amide bonds. The van der Waals surface area contributed by atoms with E-state index in [9.17, 15) is 14.4 Å². The van der Waals surface area contributed by atoms with Gasteiger partial charge in [-0.1, -0.05) is 0 Å². The van der Waals surface area contributed by atoms with Gasteiger partial charge in [0.15, 0.2) is 5.54 Å². The SMILES string of the molecule is CC(=O)N(C)CC(=O)Nc1cnn(C(C)(C)C(=O)O)c1. The highest BCUT2D eigenvalue weighted by atomic mass is 16.4. The first-order valence-electron chi connectivity index (χ1n) is 5.94. The fourth-order valence-corrected chi connectivity index (χ4v) is 1.32. The van der Waals surface area contributed by atoms with Crippen LogP contribution < -0.4 is 5.32 Å². The minimum atomic E-state index is -1.21. The fraction of sp³-hybridized carbons (Fsp3) is 0.500. The predicted molar refractivity (Wildman–Crippen MR) is 71.1 cm³/mol. The zero-order valence-corrected chi connectivity index (χ0v) is 11.9. The van der Waals surface area contributed by atoms with E-state index in [0.717, 1.165) is 0 Å². The van der Waals surface area contributed by atoms with Crippen molar-refractivity contribution in [3.8, 4) is 0 Å². The number of nitrogens with one attached hydrogen (secondary N) is 1. The van der Waals surface area contributed by atoms with Crippen molar-refractivity contribution in [2.45, 2.75) is 26.3 Å². The van der Waals surface area contributed by atoms with Crippen LogP contribution in [0.4, 0.5) is 5.69 Å². The topological polar surface area (TPSA) is 105 Å². The molecule has 1 rings (SSSR count). The molecule has 0 unspecified atom stereocenters. The number of amides is 2. The molecule has 8 heteroatoms. The summed E-state index contributed by atoms with van der Waals surface area (Å²) < 4.78 is 1.25. The number of aromatic nitrogens is 2. The highest BCUT2D eigenvalue weighted by molar-refractivity contribution is 5.94. The molecule has 0 aliphatic heterocycles. The lowest BCUT2D eigenvalue weighted by Crippen LogP contribution is -2.36. The predicted octanol–water partition coefficient (Wildman–Crippen LogP) is 0.120. The Balaban J connectivity index is 2.72. The first-order chi connectivity index (χ1) is 9.14. The molecular formula is C12H18N4O4. The second-order valence-electron chi connectivity index (χ2n) is 4.96. The number of hydrogen-bond donors (Lipinski definition) is 2. The maximum atomic E-state index is 11.7. The molecule has 0 aliphatic carbocycles. The van der Waals surface area contributed by atoms with Crippen molar-refractivity contribution in [3.63, 3.8) is 0 Å². The summed E-state index contributed by atoms with van der Waals surface area (Å²) >= 11 is 0. The molecule has 0 bridgehead atoms. The van der Waals surface area contributed by atoms with Crippen molar-refractivity contribution in [3.05, 3.63) is 12.4 Å². The number of carbonyl (C=O) groups excluding carboxylic acids is 2. The lowest BCUT2D eigenvalue weighted by atomic mass is 10.1. The Morgan fingerprint density at radius 2 is 2.05 bits per heavy atom. The summed E-state index contributed by atoms with van der Waals surface area (Å²) in [5.74, 6) is -1.63. The smallest absolute Gasteiger partial charge is 0.331 e. The fourth-order valence-electron chi connectivity index (χ4n) is 1.32. The highest BCUT2D eigenvalue weighted by Crippen LogP contribution is 2.17. The number of rotatable bonds is 5. The van der Waals surface area contributed by atoms with Crippen LogP contribution >= 0.6 is 0 Å². The number of carbonyl (C=O) groups is 3. The Labute approximate surface area is 116 Å². The molecule has 20 heavy (non-hydrogen) atoms. The van der Waals surface area contributed by atoms with Gasteiger partial charge >= 0.3 is 5.97 Å². The first kappa shape index (κ1) is 15.7.